The summed E-state index contributed by atoms with van der Waals surface area (Å²) >= 11 is 0. The first-order chi connectivity index (χ1) is 22.6. The third-order valence-electron chi connectivity index (χ3n) is 8.06. The van der Waals surface area contributed by atoms with Crippen molar-refractivity contribution < 1.29 is 54.4 Å². The summed E-state index contributed by atoms with van der Waals surface area (Å²) in [6.45, 7) is 9.69. The number of hydrogen-bond acceptors (Lipinski definition) is 11. The molecule has 5 unspecified atom stereocenters. The van der Waals surface area contributed by atoms with Crippen molar-refractivity contribution in [3.05, 3.63) is 80.6 Å². The summed E-state index contributed by atoms with van der Waals surface area (Å²) in [6.07, 6.45) is -1.58. The molecule has 4 rings (SSSR count). The molecule has 0 radical (unpaired) electrons. The van der Waals surface area contributed by atoms with E-state index in [1.165, 1.54) is 17.7 Å². The Bertz CT molecular complexity index is 1820. The van der Waals surface area contributed by atoms with Gasteiger partial charge in [0.2, 0.25) is 6.29 Å². The minimum Gasteiger partial charge on any atom is -0.507 e. The summed E-state index contributed by atoms with van der Waals surface area (Å²) in [6, 6.07) is 5.02. The van der Waals surface area contributed by atoms with Gasteiger partial charge in [0.15, 0.2) is 23.0 Å². The molecule has 48 heavy (non-hydrogen) atoms. The van der Waals surface area contributed by atoms with Gasteiger partial charge in [0.1, 0.15) is 41.2 Å². The van der Waals surface area contributed by atoms with Gasteiger partial charge in [-0.2, -0.15) is 0 Å². The smallest absolute Gasteiger partial charge is 0.335 e. The SMILES string of the molecule is CC(C)=CCC/C(C)=C/Cc1c(-c2ccc(OC3OC(C(=O)O)C(O)C(O)C3O)cc2O)oc2c(CC=C(C)C)c(O)c(O)cc2c1=O. The number of aliphatic carboxylic acids is 1. The summed E-state index contributed by atoms with van der Waals surface area (Å²) < 4.78 is 17.1. The first-order valence-electron chi connectivity index (χ1n) is 15.5. The van der Waals surface area contributed by atoms with Gasteiger partial charge in [0.05, 0.1) is 10.9 Å². The molecular weight excluding hydrogens is 624 g/mol. The summed E-state index contributed by atoms with van der Waals surface area (Å²) in [7, 11) is 0. The Kier molecular flexibility index (Phi) is 11.4. The van der Waals surface area contributed by atoms with Crippen molar-refractivity contribution in [2.45, 2.75) is 91.0 Å². The van der Waals surface area contributed by atoms with Gasteiger partial charge in [0, 0.05) is 17.2 Å². The van der Waals surface area contributed by atoms with Gasteiger partial charge in [-0.25, -0.2) is 4.79 Å². The number of carboxylic acid groups (broad SMARTS) is 1. The molecule has 12 nitrogen and oxygen atoms in total. The van der Waals surface area contributed by atoms with Crippen LogP contribution in [0, 0.1) is 0 Å². The third kappa shape index (κ3) is 7.91. The highest BCUT2D eigenvalue weighted by atomic mass is 16.7. The second-order valence-corrected chi connectivity index (χ2v) is 12.4. The van der Waals surface area contributed by atoms with Crippen LogP contribution in [0.15, 0.2) is 68.4 Å². The molecule has 2 heterocycles. The molecule has 1 aliphatic heterocycles. The molecule has 5 atom stereocenters. The molecule has 0 aliphatic carbocycles. The van der Waals surface area contributed by atoms with Gasteiger partial charge >= 0.3 is 5.97 Å². The highest BCUT2D eigenvalue weighted by Crippen LogP contribution is 2.41. The molecule has 3 aromatic rings. The van der Waals surface area contributed by atoms with Gasteiger partial charge in [-0.05, 0) is 78.5 Å². The number of hydrogen-bond donors (Lipinski definition) is 7. The fourth-order valence-electron chi connectivity index (χ4n) is 5.34. The van der Waals surface area contributed by atoms with Crippen molar-refractivity contribution >= 4 is 16.9 Å². The lowest BCUT2D eigenvalue weighted by Gasteiger charge is -2.38. The van der Waals surface area contributed by atoms with Crippen LogP contribution in [-0.4, -0.2) is 72.4 Å². The molecule has 1 fully saturated rings. The van der Waals surface area contributed by atoms with Crippen molar-refractivity contribution in [3.8, 4) is 34.3 Å². The number of aliphatic hydroxyl groups excluding tert-OH is 3. The lowest BCUT2D eigenvalue weighted by molar-refractivity contribution is -0.271. The Morgan fingerprint density at radius 3 is 2.15 bits per heavy atom. The average molecular weight is 667 g/mol. The summed E-state index contributed by atoms with van der Waals surface area (Å²) in [5, 5.41) is 72.3. The Morgan fingerprint density at radius 2 is 1.52 bits per heavy atom. The number of carbonyl (C=O) groups is 1. The van der Waals surface area contributed by atoms with Crippen LogP contribution in [0.25, 0.3) is 22.3 Å². The summed E-state index contributed by atoms with van der Waals surface area (Å²) in [5.74, 6) is -3.01. The van der Waals surface area contributed by atoms with Crippen LogP contribution < -0.4 is 10.2 Å². The Hall–Kier alpha value is -4.62. The van der Waals surface area contributed by atoms with Gasteiger partial charge in [0.25, 0.3) is 0 Å². The summed E-state index contributed by atoms with van der Waals surface area (Å²) in [4.78, 5) is 25.5. The highest BCUT2D eigenvalue weighted by molar-refractivity contribution is 5.88. The largest absolute Gasteiger partial charge is 0.507 e. The fraction of sp³-hybridized carbons (Fsp3) is 0.389. The number of carboxylic acids is 1. The predicted molar refractivity (Wildman–Crippen MR) is 177 cm³/mol. The molecule has 1 saturated heterocycles. The average Bonchev–Trinajstić information content (AvgIpc) is 3.01. The van der Waals surface area contributed by atoms with E-state index in [9.17, 15) is 45.3 Å². The minimum atomic E-state index is -1.91. The molecule has 1 aliphatic rings. The lowest BCUT2D eigenvalue weighted by Crippen LogP contribution is -2.61. The first-order valence-corrected chi connectivity index (χ1v) is 15.5. The minimum absolute atomic E-state index is 0.00637. The highest BCUT2D eigenvalue weighted by Gasteiger charge is 2.48. The maximum Gasteiger partial charge on any atom is 0.335 e. The molecule has 7 N–H and O–H groups in total. The zero-order valence-corrected chi connectivity index (χ0v) is 27.4. The van der Waals surface area contributed by atoms with E-state index in [4.69, 9.17) is 13.9 Å². The Labute approximate surface area is 277 Å². The second kappa shape index (κ2) is 15.1. The monoisotopic (exact) mass is 666 g/mol. The van der Waals surface area contributed by atoms with E-state index in [-0.39, 0.29) is 52.0 Å². The van der Waals surface area contributed by atoms with Crippen LogP contribution in [0.5, 0.6) is 23.0 Å². The van der Waals surface area contributed by atoms with E-state index in [0.29, 0.717) is 0 Å². The first kappa shape index (κ1) is 36.2. The Balaban J connectivity index is 1.83. The number of ether oxygens (including phenoxy) is 2. The van der Waals surface area contributed by atoms with Crippen LogP contribution in [-0.2, 0) is 22.4 Å². The molecule has 0 spiro atoms. The molecular formula is C36H42O12. The molecule has 1 aromatic heterocycles. The van der Waals surface area contributed by atoms with Crippen LogP contribution in [0.2, 0.25) is 0 Å². The second-order valence-electron chi connectivity index (χ2n) is 12.4. The van der Waals surface area contributed by atoms with Gasteiger partial charge in [-0.1, -0.05) is 34.9 Å². The van der Waals surface area contributed by atoms with Gasteiger partial charge < -0.3 is 49.6 Å². The number of phenolic OH excluding ortho intramolecular Hbond substituents is 3. The lowest BCUT2D eigenvalue weighted by atomic mass is 9.97. The van der Waals surface area contributed by atoms with Crippen LogP contribution in [0.1, 0.15) is 58.6 Å². The van der Waals surface area contributed by atoms with Crippen molar-refractivity contribution in [2.24, 2.45) is 0 Å². The van der Waals surface area contributed by atoms with Gasteiger partial charge in [-0.15, -0.1) is 0 Å². The van der Waals surface area contributed by atoms with E-state index in [1.807, 2.05) is 40.7 Å². The quantitative estimate of drug-likeness (QED) is 0.111. The number of rotatable bonds is 11. The maximum atomic E-state index is 14.1. The maximum absolute atomic E-state index is 14.1. The molecule has 0 bridgehead atoms. The predicted octanol–water partition coefficient (Wildman–Crippen LogP) is 4.59. The molecule has 0 saturated carbocycles. The van der Waals surface area contributed by atoms with Crippen LogP contribution in [0.3, 0.4) is 0 Å². The van der Waals surface area contributed by atoms with Crippen molar-refractivity contribution in [3.63, 3.8) is 0 Å². The zero-order chi connectivity index (χ0) is 35.4. The molecule has 258 valence electrons. The number of aromatic hydroxyl groups is 3. The summed E-state index contributed by atoms with van der Waals surface area (Å²) in [5.41, 5.74) is 3.13. The van der Waals surface area contributed by atoms with Crippen molar-refractivity contribution in [1.29, 1.82) is 0 Å². The van der Waals surface area contributed by atoms with Crippen molar-refractivity contribution in [2.75, 3.05) is 0 Å². The third-order valence-corrected chi connectivity index (χ3v) is 8.06. The molecule has 2 aromatic carbocycles. The van der Waals surface area contributed by atoms with Crippen molar-refractivity contribution in [1.82, 2.24) is 0 Å². The van der Waals surface area contributed by atoms with Gasteiger partial charge in [-0.3, -0.25) is 4.79 Å². The number of fused-ring (bicyclic) bond motifs is 1. The van der Waals surface area contributed by atoms with E-state index >= 15 is 0 Å². The van der Waals surface area contributed by atoms with Crippen LogP contribution >= 0.6 is 0 Å². The Morgan fingerprint density at radius 1 is 0.854 bits per heavy atom. The number of aliphatic hydroxyl groups is 3. The molecule has 0 amide bonds. The molecule has 12 heteroatoms. The fourth-order valence-corrected chi connectivity index (χ4v) is 5.34. The standard InChI is InChI=1S/C36H42O12/c1-17(2)7-6-8-19(5)10-13-22-27(39)24-16-26(38)28(40)23(12-9-18(3)4)33(24)47-32(22)21-14-11-20(15-25(21)37)46-36-31(43)29(41)30(42)34(48-36)35(44)45/h7,9-11,14-16,29-31,34,36-38,40-43H,6,8,12-13H2,1-5H3,(H,44,45)/b19-10+. The number of allylic oxidation sites excluding steroid dienone is 6. The number of phenols is 3. The van der Waals surface area contributed by atoms with E-state index in [2.05, 4.69) is 6.08 Å². The van der Waals surface area contributed by atoms with E-state index in [0.717, 1.165) is 36.1 Å². The van der Waals surface area contributed by atoms with Crippen LogP contribution in [0.4, 0.5) is 0 Å². The van der Waals surface area contributed by atoms with E-state index in [1.54, 1.807) is 6.08 Å². The number of benzene rings is 2. The normalized spacial score (nSPS) is 21.2. The zero-order valence-electron chi connectivity index (χ0n) is 27.4. The topological polar surface area (TPSA) is 207 Å². The van der Waals surface area contributed by atoms with E-state index < -0.39 is 59.4 Å².